The Labute approximate surface area is 125 Å². The summed E-state index contributed by atoms with van der Waals surface area (Å²) < 4.78 is 0. The second-order valence-electron chi connectivity index (χ2n) is 5.42. The van der Waals surface area contributed by atoms with Crippen LogP contribution >= 0.6 is 0 Å². The molecule has 1 saturated heterocycles. The van der Waals surface area contributed by atoms with Gasteiger partial charge in [0.15, 0.2) is 0 Å². The fraction of sp³-hybridized carbons (Fsp3) is 0.412. The first-order valence-corrected chi connectivity index (χ1v) is 7.56. The molecule has 0 radical (unpaired) electrons. The number of fused-ring (bicyclic) bond motifs is 1. The van der Waals surface area contributed by atoms with Crippen LogP contribution < -0.4 is 4.90 Å². The largest absolute Gasteiger partial charge is 0.368 e. The van der Waals surface area contributed by atoms with Gasteiger partial charge in [-0.25, -0.2) is 0 Å². The van der Waals surface area contributed by atoms with E-state index in [9.17, 15) is 5.26 Å². The summed E-state index contributed by atoms with van der Waals surface area (Å²) in [6.45, 7) is 5.90. The van der Waals surface area contributed by atoms with Crippen molar-refractivity contribution in [2.75, 3.05) is 31.1 Å². The average Bonchev–Trinajstić information content (AvgIpc) is 2.56. The second-order valence-corrected chi connectivity index (χ2v) is 5.42. The maximum Gasteiger partial charge on any atom is 0.0976 e. The molecule has 0 saturated carbocycles. The first-order valence-electron chi connectivity index (χ1n) is 7.56. The van der Waals surface area contributed by atoms with Gasteiger partial charge in [-0.05, 0) is 18.6 Å². The van der Waals surface area contributed by atoms with Crippen LogP contribution in [-0.4, -0.2) is 42.1 Å². The highest BCUT2D eigenvalue weighted by molar-refractivity contribution is 5.91. The minimum absolute atomic E-state index is 0.0568. The van der Waals surface area contributed by atoms with Crippen LogP contribution in [-0.2, 0) is 0 Å². The van der Waals surface area contributed by atoms with Gasteiger partial charge in [0.2, 0.25) is 0 Å². The third-order valence-electron chi connectivity index (χ3n) is 4.26. The lowest BCUT2D eigenvalue weighted by Crippen LogP contribution is -2.50. The Hall–Kier alpha value is -2.12. The lowest BCUT2D eigenvalue weighted by molar-refractivity contribution is 0.216. The average molecular weight is 280 g/mol. The Morgan fingerprint density at radius 1 is 1.19 bits per heavy atom. The maximum absolute atomic E-state index is 9.19. The quantitative estimate of drug-likeness (QED) is 0.867. The summed E-state index contributed by atoms with van der Waals surface area (Å²) in [6.07, 6.45) is 2.78. The predicted molar refractivity (Wildman–Crippen MR) is 85.2 cm³/mol. The third-order valence-corrected chi connectivity index (χ3v) is 4.26. The zero-order chi connectivity index (χ0) is 14.7. The lowest BCUT2D eigenvalue weighted by atomic mass is 10.1. The molecule has 0 aliphatic carbocycles. The molecule has 1 aliphatic heterocycles. The number of pyridine rings is 1. The number of hydrogen-bond acceptors (Lipinski definition) is 4. The molecule has 0 spiro atoms. The van der Waals surface area contributed by atoms with E-state index in [0.29, 0.717) is 0 Å². The Kier molecular flexibility index (Phi) is 4.03. The van der Waals surface area contributed by atoms with E-state index in [-0.39, 0.29) is 6.04 Å². The summed E-state index contributed by atoms with van der Waals surface area (Å²) in [5.74, 6) is 0. The van der Waals surface area contributed by atoms with Crippen molar-refractivity contribution in [1.82, 2.24) is 9.88 Å². The van der Waals surface area contributed by atoms with E-state index in [0.717, 1.165) is 38.1 Å². The highest BCUT2D eigenvalue weighted by Crippen LogP contribution is 2.26. The van der Waals surface area contributed by atoms with Crippen molar-refractivity contribution < 1.29 is 0 Å². The van der Waals surface area contributed by atoms with E-state index in [2.05, 4.69) is 52.0 Å². The molecule has 108 valence electrons. The Bertz CT molecular complexity index is 648. The number of hydrogen-bond donors (Lipinski definition) is 0. The molecule has 3 rings (SSSR count). The van der Waals surface area contributed by atoms with Crippen LogP contribution in [0.25, 0.3) is 10.9 Å². The summed E-state index contributed by atoms with van der Waals surface area (Å²) >= 11 is 0. The molecular formula is C17H20N4. The molecule has 21 heavy (non-hydrogen) atoms. The molecule has 1 atom stereocenters. The Balaban J connectivity index is 1.79. The molecule has 1 fully saturated rings. The topological polar surface area (TPSA) is 43.2 Å². The van der Waals surface area contributed by atoms with Gasteiger partial charge >= 0.3 is 0 Å². The maximum atomic E-state index is 9.19. The number of benzene rings is 1. The minimum Gasteiger partial charge on any atom is -0.368 e. The van der Waals surface area contributed by atoms with Crippen molar-refractivity contribution in [2.24, 2.45) is 0 Å². The first-order chi connectivity index (χ1) is 10.3. The van der Waals surface area contributed by atoms with Gasteiger partial charge in [0.25, 0.3) is 0 Å². The van der Waals surface area contributed by atoms with E-state index in [1.165, 1.54) is 11.1 Å². The monoisotopic (exact) mass is 280 g/mol. The molecule has 2 aromatic rings. The van der Waals surface area contributed by atoms with Gasteiger partial charge in [0.1, 0.15) is 0 Å². The van der Waals surface area contributed by atoms with Crippen LogP contribution in [0.5, 0.6) is 0 Å². The Morgan fingerprint density at radius 2 is 1.95 bits per heavy atom. The van der Waals surface area contributed by atoms with Gasteiger partial charge in [-0.1, -0.05) is 25.1 Å². The standard InChI is InChI=1S/C17H20N4/c1-2-14(13-18)20-9-11-21(12-10-20)17-7-8-19-16-6-4-3-5-15(16)17/h3-8,14H,2,9-12H2,1H3. The molecule has 4 nitrogen and oxygen atoms in total. The third kappa shape index (κ3) is 2.70. The molecule has 1 unspecified atom stereocenters. The smallest absolute Gasteiger partial charge is 0.0976 e. The zero-order valence-electron chi connectivity index (χ0n) is 12.4. The van der Waals surface area contributed by atoms with Crippen LogP contribution in [0.15, 0.2) is 36.5 Å². The minimum atomic E-state index is 0.0568. The highest BCUT2D eigenvalue weighted by atomic mass is 15.3. The normalized spacial score (nSPS) is 17.6. The summed E-state index contributed by atoms with van der Waals surface area (Å²) in [7, 11) is 0. The molecule has 0 N–H and O–H groups in total. The van der Waals surface area contributed by atoms with Crippen molar-refractivity contribution in [3.8, 4) is 6.07 Å². The molecule has 2 heterocycles. The molecule has 1 aromatic heterocycles. The number of aromatic nitrogens is 1. The summed E-state index contributed by atoms with van der Waals surface area (Å²) in [4.78, 5) is 9.13. The van der Waals surface area contributed by atoms with Crippen LogP contribution in [0.4, 0.5) is 5.69 Å². The predicted octanol–water partition coefficient (Wildman–Crippen LogP) is 2.66. The lowest BCUT2D eigenvalue weighted by Gasteiger charge is -2.38. The van der Waals surface area contributed by atoms with Crippen molar-refractivity contribution >= 4 is 16.6 Å². The van der Waals surface area contributed by atoms with E-state index < -0.39 is 0 Å². The van der Waals surface area contributed by atoms with E-state index >= 15 is 0 Å². The summed E-state index contributed by atoms with van der Waals surface area (Å²) in [6, 6.07) is 12.8. The fourth-order valence-corrected chi connectivity index (χ4v) is 3.06. The molecule has 0 bridgehead atoms. The number of piperazine rings is 1. The zero-order valence-corrected chi connectivity index (χ0v) is 12.4. The van der Waals surface area contributed by atoms with Gasteiger partial charge < -0.3 is 4.90 Å². The number of nitriles is 1. The number of anilines is 1. The van der Waals surface area contributed by atoms with Crippen molar-refractivity contribution in [1.29, 1.82) is 5.26 Å². The molecule has 0 amide bonds. The molecule has 1 aliphatic rings. The number of rotatable bonds is 3. The van der Waals surface area contributed by atoms with Crippen LogP contribution in [0.2, 0.25) is 0 Å². The van der Waals surface area contributed by atoms with Gasteiger partial charge in [-0.3, -0.25) is 9.88 Å². The van der Waals surface area contributed by atoms with E-state index in [1.54, 1.807) is 0 Å². The van der Waals surface area contributed by atoms with Crippen LogP contribution in [0.3, 0.4) is 0 Å². The van der Waals surface area contributed by atoms with E-state index in [1.807, 2.05) is 12.3 Å². The second kappa shape index (κ2) is 6.11. The molecular weight excluding hydrogens is 260 g/mol. The number of para-hydroxylation sites is 1. The SMILES string of the molecule is CCC(C#N)N1CCN(c2ccnc3ccccc23)CC1. The number of nitrogens with zero attached hydrogens (tertiary/aromatic N) is 4. The van der Waals surface area contributed by atoms with Crippen molar-refractivity contribution in [2.45, 2.75) is 19.4 Å². The van der Waals surface area contributed by atoms with Crippen LogP contribution in [0, 0.1) is 11.3 Å². The van der Waals surface area contributed by atoms with Gasteiger partial charge in [0.05, 0.1) is 17.6 Å². The van der Waals surface area contributed by atoms with Gasteiger partial charge in [-0.2, -0.15) is 5.26 Å². The summed E-state index contributed by atoms with van der Waals surface area (Å²) in [5.41, 5.74) is 2.30. The highest BCUT2D eigenvalue weighted by Gasteiger charge is 2.23. The summed E-state index contributed by atoms with van der Waals surface area (Å²) in [5, 5.41) is 10.4. The van der Waals surface area contributed by atoms with Crippen molar-refractivity contribution in [3.63, 3.8) is 0 Å². The van der Waals surface area contributed by atoms with Crippen molar-refractivity contribution in [3.05, 3.63) is 36.5 Å². The first kappa shape index (κ1) is 13.8. The fourth-order valence-electron chi connectivity index (χ4n) is 3.06. The van der Waals surface area contributed by atoms with E-state index in [4.69, 9.17) is 0 Å². The molecule has 4 heteroatoms. The van der Waals surface area contributed by atoms with Gasteiger partial charge in [-0.15, -0.1) is 0 Å². The Morgan fingerprint density at radius 3 is 2.67 bits per heavy atom. The van der Waals surface area contributed by atoms with Gasteiger partial charge in [0, 0.05) is 43.4 Å². The van der Waals surface area contributed by atoms with Crippen LogP contribution in [0.1, 0.15) is 13.3 Å². The molecule has 1 aromatic carbocycles.